The number of hydrogen-bond donors (Lipinski definition) is 1. The fraction of sp³-hybridized carbons (Fsp3) is 0.533. The minimum atomic E-state index is -1.41. The molecule has 3 atom stereocenters. The lowest BCUT2D eigenvalue weighted by Gasteiger charge is -2.28. The van der Waals surface area contributed by atoms with Crippen molar-refractivity contribution in [3.63, 3.8) is 0 Å². The first kappa shape index (κ1) is 14.0. The summed E-state index contributed by atoms with van der Waals surface area (Å²) in [6.07, 6.45) is 1.30. The third kappa shape index (κ3) is 2.35. The van der Waals surface area contributed by atoms with Crippen molar-refractivity contribution in [3.05, 3.63) is 35.4 Å². The molecule has 1 aliphatic rings. The molecular weight excluding hydrogens is 248 g/mol. The Bertz CT molecular complexity index is 491. The third-order valence-electron chi connectivity index (χ3n) is 4.25. The van der Waals surface area contributed by atoms with Gasteiger partial charge in [0.25, 0.3) is 0 Å². The van der Waals surface area contributed by atoms with Crippen LogP contribution in [0, 0.1) is 34.3 Å². The van der Waals surface area contributed by atoms with Crippen molar-refractivity contribution in [2.24, 2.45) is 11.3 Å². The van der Waals surface area contributed by atoms with Crippen molar-refractivity contribution < 1.29 is 13.9 Å². The van der Waals surface area contributed by atoms with Gasteiger partial charge >= 0.3 is 0 Å². The highest BCUT2D eigenvalue weighted by molar-refractivity contribution is 5.27. The highest BCUT2D eigenvalue weighted by Gasteiger charge is 2.46. The van der Waals surface area contributed by atoms with Gasteiger partial charge in [0.1, 0.15) is 17.7 Å². The Hall–Kier alpha value is -1.47. The predicted octanol–water partition coefficient (Wildman–Crippen LogP) is 3.72. The molecule has 0 radical (unpaired) electrons. The molecule has 0 aromatic heterocycles. The molecule has 0 aliphatic heterocycles. The molecule has 3 unspecified atom stereocenters. The monoisotopic (exact) mass is 265 g/mol. The van der Waals surface area contributed by atoms with Crippen LogP contribution >= 0.6 is 0 Å². The molecule has 0 spiro atoms. The molecule has 1 saturated carbocycles. The van der Waals surface area contributed by atoms with Gasteiger partial charge in [-0.05, 0) is 37.3 Å². The Labute approximate surface area is 111 Å². The highest BCUT2D eigenvalue weighted by Crippen LogP contribution is 2.51. The smallest absolute Gasteiger partial charge is 0.132 e. The molecule has 19 heavy (non-hydrogen) atoms. The van der Waals surface area contributed by atoms with Crippen molar-refractivity contribution in [3.8, 4) is 6.07 Å². The SMILES string of the molecule is CCC1CCC(C#N)(C(O)c2c(F)cccc2F)C1. The van der Waals surface area contributed by atoms with Crippen molar-refractivity contribution in [2.75, 3.05) is 0 Å². The summed E-state index contributed by atoms with van der Waals surface area (Å²) in [5, 5.41) is 19.7. The zero-order valence-electron chi connectivity index (χ0n) is 10.9. The van der Waals surface area contributed by atoms with Crippen LogP contribution in [0.15, 0.2) is 18.2 Å². The standard InChI is InChI=1S/C15H17F2NO/c1-2-10-6-7-15(8-10,9-18)14(19)13-11(16)4-3-5-12(13)17/h3-5,10,14,19H,2,6-8H2,1H3. The van der Waals surface area contributed by atoms with E-state index in [1.807, 2.05) is 6.92 Å². The number of halogens is 2. The summed E-state index contributed by atoms with van der Waals surface area (Å²) < 4.78 is 27.5. The van der Waals surface area contributed by atoms with Crippen molar-refractivity contribution in [1.29, 1.82) is 5.26 Å². The minimum absolute atomic E-state index is 0.337. The fourth-order valence-electron chi connectivity index (χ4n) is 2.99. The van der Waals surface area contributed by atoms with Crippen LogP contribution in [0.4, 0.5) is 8.78 Å². The molecule has 2 nitrogen and oxygen atoms in total. The van der Waals surface area contributed by atoms with E-state index in [2.05, 4.69) is 6.07 Å². The zero-order valence-corrected chi connectivity index (χ0v) is 10.9. The van der Waals surface area contributed by atoms with Crippen LogP contribution < -0.4 is 0 Å². The highest BCUT2D eigenvalue weighted by atomic mass is 19.1. The number of rotatable bonds is 3. The summed E-state index contributed by atoms with van der Waals surface area (Å²) in [4.78, 5) is 0. The quantitative estimate of drug-likeness (QED) is 0.905. The van der Waals surface area contributed by atoms with Gasteiger partial charge < -0.3 is 5.11 Å². The molecule has 0 bridgehead atoms. The second-order valence-electron chi connectivity index (χ2n) is 5.32. The average molecular weight is 265 g/mol. The van der Waals surface area contributed by atoms with Gasteiger partial charge in [0, 0.05) is 0 Å². The van der Waals surface area contributed by atoms with E-state index in [1.54, 1.807) is 0 Å². The lowest BCUT2D eigenvalue weighted by Crippen LogP contribution is -2.26. The summed E-state index contributed by atoms with van der Waals surface area (Å²) in [7, 11) is 0. The normalized spacial score (nSPS) is 28.1. The first-order valence-corrected chi connectivity index (χ1v) is 6.57. The van der Waals surface area contributed by atoms with Crippen LogP contribution in [-0.4, -0.2) is 5.11 Å². The van der Waals surface area contributed by atoms with Crippen LogP contribution in [0.1, 0.15) is 44.3 Å². The van der Waals surface area contributed by atoms with Gasteiger partial charge in [-0.1, -0.05) is 19.4 Å². The number of aliphatic hydroxyl groups excluding tert-OH is 1. The largest absolute Gasteiger partial charge is 0.387 e. The van der Waals surface area contributed by atoms with Crippen LogP contribution in [0.5, 0.6) is 0 Å². The molecule has 1 fully saturated rings. The number of aliphatic hydroxyl groups is 1. The summed E-state index contributed by atoms with van der Waals surface area (Å²) in [5.41, 5.74) is -1.44. The van der Waals surface area contributed by atoms with Crippen LogP contribution in [0.2, 0.25) is 0 Å². The van der Waals surface area contributed by atoms with E-state index in [-0.39, 0.29) is 5.56 Å². The number of nitriles is 1. The number of benzene rings is 1. The third-order valence-corrected chi connectivity index (χ3v) is 4.25. The van der Waals surface area contributed by atoms with Crippen LogP contribution in [-0.2, 0) is 0 Å². The molecular formula is C15H17F2NO. The Balaban J connectivity index is 2.38. The Morgan fingerprint density at radius 2 is 2.11 bits per heavy atom. The van der Waals surface area contributed by atoms with Gasteiger partial charge in [-0.25, -0.2) is 8.78 Å². The van der Waals surface area contributed by atoms with Gasteiger partial charge in [0.2, 0.25) is 0 Å². The van der Waals surface area contributed by atoms with Gasteiger partial charge in [-0.2, -0.15) is 5.26 Å². The summed E-state index contributed by atoms with van der Waals surface area (Å²) in [6, 6.07) is 5.58. The Morgan fingerprint density at radius 1 is 1.47 bits per heavy atom. The maximum atomic E-state index is 13.7. The number of nitrogens with zero attached hydrogens (tertiary/aromatic N) is 1. The average Bonchev–Trinajstić information content (AvgIpc) is 2.83. The van der Waals surface area contributed by atoms with Crippen LogP contribution in [0.3, 0.4) is 0 Å². The van der Waals surface area contributed by atoms with E-state index >= 15 is 0 Å². The lowest BCUT2D eigenvalue weighted by molar-refractivity contribution is 0.0576. The fourth-order valence-corrected chi connectivity index (χ4v) is 2.99. The zero-order chi connectivity index (χ0) is 14.0. The maximum absolute atomic E-state index is 13.7. The second-order valence-corrected chi connectivity index (χ2v) is 5.32. The molecule has 1 aliphatic carbocycles. The maximum Gasteiger partial charge on any atom is 0.132 e. The second kappa shape index (κ2) is 5.26. The molecule has 0 saturated heterocycles. The van der Waals surface area contributed by atoms with E-state index in [4.69, 9.17) is 0 Å². The van der Waals surface area contributed by atoms with E-state index in [0.29, 0.717) is 18.8 Å². The molecule has 1 aromatic carbocycles. The number of hydrogen-bond acceptors (Lipinski definition) is 2. The minimum Gasteiger partial charge on any atom is -0.387 e. The van der Waals surface area contributed by atoms with E-state index in [0.717, 1.165) is 25.0 Å². The van der Waals surface area contributed by atoms with Crippen LogP contribution in [0.25, 0.3) is 0 Å². The first-order valence-electron chi connectivity index (χ1n) is 6.57. The van der Waals surface area contributed by atoms with Crippen molar-refractivity contribution in [1.82, 2.24) is 0 Å². The lowest BCUT2D eigenvalue weighted by atomic mass is 9.77. The molecule has 1 N–H and O–H groups in total. The molecule has 4 heteroatoms. The van der Waals surface area contributed by atoms with Crippen molar-refractivity contribution >= 4 is 0 Å². The van der Waals surface area contributed by atoms with Gasteiger partial charge in [0.05, 0.1) is 17.0 Å². The van der Waals surface area contributed by atoms with E-state index in [9.17, 15) is 19.1 Å². The summed E-state index contributed by atoms with van der Waals surface area (Å²) in [6.45, 7) is 2.02. The molecule has 102 valence electrons. The van der Waals surface area contributed by atoms with Gasteiger partial charge in [-0.15, -0.1) is 0 Å². The van der Waals surface area contributed by atoms with E-state index in [1.165, 1.54) is 6.07 Å². The molecule has 2 rings (SSSR count). The summed E-state index contributed by atoms with van der Waals surface area (Å²) in [5.74, 6) is -1.24. The Kier molecular flexibility index (Phi) is 3.86. The first-order chi connectivity index (χ1) is 9.04. The van der Waals surface area contributed by atoms with Gasteiger partial charge in [-0.3, -0.25) is 0 Å². The van der Waals surface area contributed by atoms with Crippen molar-refractivity contribution in [2.45, 2.75) is 38.7 Å². The predicted molar refractivity (Wildman–Crippen MR) is 67.0 cm³/mol. The van der Waals surface area contributed by atoms with E-state index < -0.39 is 23.2 Å². The molecule has 0 heterocycles. The van der Waals surface area contributed by atoms with Gasteiger partial charge in [0.15, 0.2) is 0 Å². The molecule has 0 amide bonds. The summed E-state index contributed by atoms with van der Waals surface area (Å²) >= 11 is 0. The Morgan fingerprint density at radius 3 is 2.58 bits per heavy atom. The molecule has 1 aromatic rings. The topological polar surface area (TPSA) is 44.0 Å².